The lowest BCUT2D eigenvalue weighted by Crippen LogP contribution is -2.47. The summed E-state index contributed by atoms with van der Waals surface area (Å²) >= 11 is 0. The number of hydrogen-bond donors (Lipinski definition) is 2. The first kappa shape index (κ1) is 11.4. The maximum atomic E-state index is 9.29. The highest BCUT2D eigenvalue weighted by Gasteiger charge is 2.44. The molecule has 88 valence electrons. The lowest BCUT2D eigenvalue weighted by molar-refractivity contribution is 0.0423. The van der Waals surface area contributed by atoms with Crippen molar-refractivity contribution in [2.75, 3.05) is 20.3 Å². The molecule has 2 rings (SSSR count). The second-order valence-electron chi connectivity index (χ2n) is 4.77. The number of hydrogen-bond acceptors (Lipinski definition) is 3. The van der Waals surface area contributed by atoms with E-state index >= 15 is 0 Å². The third-order valence-electron chi connectivity index (χ3n) is 3.59. The molecule has 0 heterocycles. The van der Waals surface area contributed by atoms with E-state index in [9.17, 15) is 5.11 Å². The largest absolute Gasteiger partial charge is 0.508 e. The van der Waals surface area contributed by atoms with Gasteiger partial charge in [-0.15, -0.1) is 0 Å². The maximum Gasteiger partial charge on any atom is 0.115 e. The minimum atomic E-state index is 0.118. The van der Waals surface area contributed by atoms with E-state index in [1.54, 1.807) is 19.2 Å². The van der Waals surface area contributed by atoms with Crippen molar-refractivity contribution in [3.8, 4) is 5.75 Å². The number of benzene rings is 1. The van der Waals surface area contributed by atoms with E-state index in [0.29, 0.717) is 11.7 Å². The van der Waals surface area contributed by atoms with E-state index in [-0.39, 0.29) is 5.41 Å². The third kappa shape index (κ3) is 1.93. The first-order valence-electron chi connectivity index (χ1n) is 5.69. The van der Waals surface area contributed by atoms with Crippen LogP contribution in [-0.2, 0) is 10.2 Å². The molecule has 3 nitrogen and oxygen atoms in total. The van der Waals surface area contributed by atoms with Gasteiger partial charge in [0.05, 0.1) is 6.61 Å². The Kier molecular flexibility index (Phi) is 3.17. The van der Waals surface area contributed by atoms with Crippen LogP contribution in [-0.4, -0.2) is 25.4 Å². The van der Waals surface area contributed by atoms with Crippen LogP contribution in [0.4, 0.5) is 0 Å². The Morgan fingerprint density at radius 1 is 1.38 bits per heavy atom. The van der Waals surface area contributed by atoms with Crippen molar-refractivity contribution in [1.29, 1.82) is 0 Å². The van der Waals surface area contributed by atoms with Crippen LogP contribution in [0.25, 0.3) is 0 Å². The highest BCUT2D eigenvalue weighted by Crippen LogP contribution is 2.47. The highest BCUT2D eigenvalue weighted by atomic mass is 16.5. The minimum absolute atomic E-state index is 0.118. The normalized spacial score (nSPS) is 28.8. The summed E-state index contributed by atoms with van der Waals surface area (Å²) in [5, 5.41) is 9.29. The number of ether oxygens (including phenoxy) is 1. The molecular weight excluding hydrogens is 202 g/mol. The molecule has 0 radical (unpaired) electrons. The van der Waals surface area contributed by atoms with Gasteiger partial charge in [-0.2, -0.15) is 0 Å². The van der Waals surface area contributed by atoms with Crippen molar-refractivity contribution in [1.82, 2.24) is 0 Å². The molecule has 1 aliphatic rings. The summed E-state index contributed by atoms with van der Waals surface area (Å²) in [6.07, 6.45) is 2.17. The lowest BCUT2D eigenvalue weighted by Gasteiger charge is -2.47. The van der Waals surface area contributed by atoms with E-state index in [0.717, 1.165) is 26.0 Å². The van der Waals surface area contributed by atoms with E-state index in [1.807, 2.05) is 12.1 Å². The fourth-order valence-electron chi connectivity index (χ4n) is 2.74. The summed E-state index contributed by atoms with van der Waals surface area (Å²) in [6.45, 7) is 1.48. The van der Waals surface area contributed by atoms with E-state index in [2.05, 4.69) is 0 Å². The van der Waals surface area contributed by atoms with Gasteiger partial charge in [0.1, 0.15) is 5.75 Å². The molecule has 1 fully saturated rings. The smallest absolute Gasteiger partial charge is 0.115 e. The molecule has 0 unspecified atom stereocenters. The van der Waals surface area contributed by atoms with Crippen LogP contribution < -0.4 is 5.73 Å². The Balaban J connectivity index is 2.17. The summed E-state index contributed by atoms with van der Waals surface area (Å²) in [4.78, 5) is 0. The zero-order valence-electron chi connectivity index (χ0n) is 9.65. The molecule has 0 bridgehead atoms. The third-order valence-corrected chi connectivity index (χ3v) is 3.59. The van der Waals surface area contributed by atoms with Crippen molar-refractivity contribution >= 4 is 0 Å². The first-order chi connectivity index (χ1) is 7.70. The van der Waals surface area contributed by atoms with Gasteiger partial charge < -0.3 is 15.6 Å². The predicted octanol–water partition coefficient (Wildman–Crippen LogP) is 1.65. The SMILES string of the molecule is COCC1(c2ccc(O)cc2)CC(CN)C1. The van der Waals surface area contributed by atoms with Gasteiger partial charge in [0.15, 0.2) is 0 Å². The highest BCUT2D eigenvalue weighted by molar-refractivity contribution is 5.34. The van der Waals surface area contributed by atoms with E-state index < -0.39 is 0 Å². The zero-order chi connectivity index (χ0) is 11.6. The molecule has 0 amide bonds. The van der Waals surface area contributed by atoms with E-state index in [1.165, 1.54) is 5.56 Å². The molecule has 1 aromatic carbocycles. The quantitative estimate of drug-likeness (QED) is 0.812. The zero-order valence-corrected chi connectivity index (χ0v) is 9.65. The van der Waals surface area contributed by atoms with Crippen molar-refractivity contribution in [3.05, 3.63) is 29.8 Å². The molecule has 0 atom stereocenters. The van der Waals surface area contributed by atoms with Gasteiger partial charge in [0, 0.05) is 12.5 Å². The van der Waals surface area contributed by atoms with Gasteiger partial charge in [-0.3, -0.25) is 0 Å². The van der Waals surface area contributed by atoms with Gasteiger partial charge >= 0.3 is 0 Å². The molecule has 0 aromatic heterocycles. The maximum absolute atomic E-state index is 9.29. The Morgan fingerprint density at radius 3 is 2.50 bits per heavy atom. The Hall–Kier alpha value is -1.06. The van der Waals surface area contributed by atoms with Gasteiger partial charge in [-0.1, -0.05) is 12.1 Å². The minimum Gasteiger partial charge on any atom is -0.508 e. The Morgan fingerprint density at radius 2 is 2.00 bits per heavy atom. The lowest BCUT2D eigenvalue weighted by atomic mass is 9.59. The van der Waals surface area contributed by atoms with Crippen LogP contribution >= 0.6 is 0 Å². The van der Waals surface area contributed by atoms with Gasteiger partial charge in [0.25, 0.3) is 0 Å². The van der Waals surface area contributed by atoms with Crippen LogP contribution in [0.3, 0.4) is 0 Å². The number of rotatable bonds is 4. The van der Waals surface area contributed by atoms with Gasteiger partial charge in [0.2, 0.25) is 0 Å². The van der Waals surface area contributed by atoms with Crippen LogP contribution in [0.15, 0.2) is 24.3 Å². The van der Waals surface area contributed by atoms with E-state index in [4.69, 9.17) is 10.5 Å². The van der Waals surface area contributed by atoms with Crippen LogP contribution in [0, 0.1) is 5.92 Å². The molecule has 1 aromatic rings. The standard InChI is InChI=1S/C13H19NO2/c1-16-9-13(6-10(7-13)8-14)11-2-4-12(15)5-3-11/h2-5,10,15H,6-9,14H2,1H3. The summed E-state index contributed by atoms with van der Waals surface area (Å²) in [5.41, 5.74) is 7.04. The van der Waals surface area contributed by atoms with Gasteiger partial charge in [-0.25, -0.2) is 0 Å². The molecule has 0 spiro atoms. The summed E-state index contributed by atoms with van der Waals surface area (Å²) in [5.74, 6) is 0.926. The number of phenolic OH excluding ortho intramolecular Hbond substituents is 1. The molecule has 0 saturated heterocycles. The van der Waals surface area contributed by atoms with Crippen LogP contribution in [0.2, 0.25) is 0 Å². The average molecular weight is 221 g/mol. The summed E-state index contributed by atoms with van der Waals surface area (Å²) in [6, 6.07) is 7.45. The molecule has 3 N–H and O–H groups in total. The Labute approximate surface area is 96.2 Å². The molecule has 0 aliphatic heterocycles. The number of aromatic hydroxyl groups is 1. The van der Waals surface area contributed by atoms with Gasteiger partial charge in [-0.05, 0) is 43.0 Å². The summed E-state index contributed by atoms with van der Waals surface area (Å²) < 4.78 is 5.32. The molecule has 1 saturated carbocycles. The van der Waals surface area contributed by atoms with Crippen LogP contribution in [0.5, 0.6) is 5.75 Å². The second kappa shape index (κ2) is 4.44. The summed E-state index contributed by atoms with van der Waals surface area (Å²) in [7, 11) is 1.73. The van der Waals surface area contributed by atoms with Crippen LogP contribution in [0.1, 0.15) is 18.4 Å². The monoisotopic (exact) mass is 221 g/mol. The first-order valence-corrected chi connectivity index (χ1v) is 5.69. The molecule has 3 heteroatoms. The molecule has 16 heavy (non-hydrogen) atoms. The van der Waals surface area contributed by atoms with Crippen molar-refractivity contribution in [2.45, 2.75) is 18.3 Å². The van der Waals surface area contributed by atoms with Crippen molar-refractivity contribution in [2.24, 2.45) is 11.7 Å². The number of methoxy groups -OCH3 is 1. The number of phenols is 1. The van der Waals surface area contributed by atoms with Crippen molar-refractivity contribution < 1.29 is 9.84 Å². The fourth-order valence-corrected chi connectivity index (χ4v) is 2.74. The fraction of sp³-hybridized carbons (Fsp3) is 0.538. The topological polar surface area (TPSA) is 55.5 Å². The second-order valence-corrected chi connectivity index (χ2v) is 4.77. The number of nitrogens with two attached hydrogens (primary N) is 1. The van der Waals surface area contributed by atoms with Crippen molar-refractivity contribution in [3.63, 3.8) is 0 Å². The molecular formula is C13H19NO2. The molecule has 1 aliphatic carbocycles. The predicted molar refractivity (Wildman–Crippen MR) is 63.4 cm³/mol. The Bertz CT molecular complexity index is 341. The average Bonchev–Trinajstić information content (AvgIpc) is 2.24.